The van der Waals surface area contributed by atoms with E-state index in [-0.39, 0.29) is 16.3 Å². The molecule has 27 heavy (non-hydrogen) atoms. The molecule has 1 aliphatic heterocycles. The number of hydrogen-bond donors (Lipinski definition) is 1. The van der Waals surface area contributed by atoms with Gasteiger partial charge in [0, 0.05) is 18.0 Å². The van der Waals surface area contributed by atoms with Crippen LogP contribution in [-0.4, -0.2) is 36.2 Å². The zero-order chi connectivity index (χ0) is 19.6. The molecule has 1 atom stereocenters. The highest BCUT2D eigenvalue weighted by atomic mass is 35.5. The smallest absolute Gasteiger partial charge is 0.251 e. The minimum absolute atomic E-state index is 0.0322. The van der Waals surface area contributed by atoms with Crippen LogP contribution in [-0.2, 0) is 9.59 Å². The second kappa shape index (κ2) is 7.74. The van der Waals surface area contributed by atoms with Gasteiger partial charge < -0.3 is 10.2 Å². The molecule has 140 valence electrons. The maximum atomic E-state index is 13.6. The second-order valence-corrected chi connectivity index (χ2v) is 7.44. The standard InChI is InChI=1S/C20H19ClN2O3S/c1-3-23(13-8-5-4-6-9-13)19(26)20(12-27-2)17(24)16-14(21)10-7-11-15(16)22-18(20)25/h4-11H,3,12H2,1-2H3,(H,22,25). The molecule has 0 aromatic heterocycles. The van der Waals surface area contributed by atoms with Crippen LogP contribution in [0.1, 0.15) is 17.3 Å². The van der Waals surface area contributed by atoms with Crippen molar-refractivity contribution in [2.45, 2.75) is 6.92 Å². The highest BCUT2D eigenvalue weighted by Crippen LogP contribution is 2.41. The molecule has 1 aliphatic rings. The lowest BCUT2D eigenvalue weighted by molar-refractivity contribution is -0.134. The van der Waals surface area contributed by atoms with Crippen LogP contribution >= 0.6 is 23.4 Å². The van der Waals surface area contributed by atoms with E-state index in [4.69, 9.17) is 11.6 Å². The number of rotatable bonds is 5. The summed E-state index contributed by atoms with van der Waals surface area (Å²) in [5.74, 6) is -1.68. The summed E-state index contributed by atoms with van der Waals surface area (Å²) in [6, 6.07) is 13.9. The molecule has 0 saturated heterocycles. The van der Waals surface area contributed by atoms with Crippen LogP contribution < -0.4 is 10.2 Å². The van der Waals surface area contributed by atoms with E-state index < -0.39 is 23.0 Å². The van der Waals surface area contributed by atoms with Gasteiger partial charge in [0.25, 0.3) is 5.91 Å². The Morgan fingerprint density at radius 2 is 1.85 bits per heavy atom. The number of nitrogens with one attached hydrogen (secondary N) is 1. The number of halogens is 1. The number of hydrogen-bond acceptors (Lipinski definition) is 4. The molecule has 2 amide bonds. The third-order valence-electron chi connectivity index (χ3n) is 4.62. The fraction of sp³-hybridized carbons (Fsp3) is 0.250. The van der Waals surface area contributed by atoms with Crippen LogP contribution in [0, 0.1) is 5.41 Å². The maximum absolute atomic E-state index is 13.6. The number of carbonyl (C=O) groups is 3. The Labute approximate surface area is 167 Å². The number of thioether (sulfide) groups is 1. The first kappa shape index (κ1) is 19.5. The first-order valence-corrected chi connectivity index (χ1v) is 10.2. The van der Waals surface area contributed by atoms with Crippen molar-refractivity contribution >= 4 is 52.3 Å². The van der Waals surface area contributed by atoms with Crippen molar-refractivity contribution in [1.82, 2.24) is 0 Å². The van der Waals surface area contributed by atoms with Crippen LogP contribution in [0.3, 0.4) is 0 Å². The van der Waals surface area contributed by atoms with Gasteiger partial charge in [-0.25, -0.2) is 0 Å². The Morgan fingerprint density at radius 3 is 2.48 bits per heavy atom. The molecule has 0 saturated carbocycles. The minimum Gasteiger partial charge on any atom is -0.324 e. The Kier molecular flexibility index (Phi) is 5.58. The first-order chi connectivity index (χ1) is 13.0. The molecule has 1 N–H and O–H groups in total. The predicted octanol–water partition coefficient (Wildman–Crippen LogP) is 3.88. The zero-order valence-corrected chi connectivity index (χ0v) is 16.6. The normalized spacial score (nSPS) is 18.6. The molecule has 3 rings (SSSR count). The number of benzene rings is 2. The number of anilines is 2. The zero-order valence-electron chi connectivity index (χ0n) is 15.0. The number of nitrogens with zero attached hydrogens (tertiary/aromatic N) is 1. The number of ketones is 1. The highest BCUT2D eigenvalue weighted by molar-refractivity contribution is 7.98. The quantitative estimate of drug-likeness (QED) is 0.771. The monoisotopic (exact) mass is 402 g/mol. The number of fused-ring (bicyclic) bond motifs is 1. The number of Topliss-reactive ketones (excluding diaryl/α,β-unsaturated/α-hetero) is 1. The van der Waals surface area contributed by atoms with Gasteiger partial charge in [-0.05, 0) is 37.4 Å². The molecule has 0 spiro atoms. The van der Waals surface area contributed by atoms with Crippen molar-refractivity contribution < 1.29 is 14.4 Å². The van der Waals surface area contributed by atoms with Gasteiger partial charge in [0.2, 0.25) is 5.91 Å². The van der Waals surface area contributed by atoms with E-state index in [1.54, 1.807) is 48.7 Å². The number of para-hydroxylation sites is 1. The molecule has 2 aromatic rings. The lowest BCUT2D eigenvalue weighted by Crippen LogP contribution is -2.59. The third-order valence-corrected chi connectivity index (χ3v) is 5.66. The molecule has 0 aliphatic carbocycles. The van der Waals surface area contributed by atoms with Gasteiger partial charge in [-0.15, -0.1) is 0 Å². The summed E-state index contributed by atoms with van der Waals surface area (Å²) in [4.78, 5) is 41.5. The Morgan fingerprint density at radius 1 is 1.15 bits per heavy atom. The van der Waals surface area contributed by atoms with E-state index in [1.165, 1.54) is 16.7 Å². The van der Waals surface area contributed by atoms with E-state index in [2.05, 4.69) is 5.32 Å². The Bertz CT molecular complexity index is 903. The van der Waals surface area contributed by atoms with Gasteiger partial charge in [-0.3, -0.25) is 14.4 Å². The summed E-state index contributed by atoms with van der Waals surface area (Å²) in [6.07, 6.45) is 1.76. The topological polar surface area (TPSA) is 66.5 Å². The SMILES string of the molecule is CCN(C(=O)C1(CSC)C(=O)Nc2cccc(Cl)c2C1=O)c1ccccc1. The van der Waals surface area contributed by atoms with Gasteiger partial charge in [-0.1, -0.05) is 35.9 Å². The predicted molar refractivity (Wildman–Crippen MR) is 110 cm³/mol. The Hall–Kier alpha value is -2.31. The van der Waals surface area contributed by atoms with Crippen molar-refractivity contribution in [3.05, 3.63) is 59.1 Å². The lowest BCUT2D eigenvalue weighted by atomic mass is 9.76. The van der Waals surface area contributed by atoms with Crippen molar-refractivity contribution in [3.63, 3.8) is 0 Å². The minimum atomic E-state index is -1.86. The van der Waals surface area contributed by atoms with E-state index in [1.807, 2.05) is 13.0 Å². The molecular weight excluding hydrogens is 384 g/mol. The molecule has 5 nitrogen and oxygen atoms in total. The summed E-state index contributed by atoms with van der Waals surface area (Å²) in [5, 5.41) is 2.93. The van der Waals surface area contributed by atoms with Gasteiger partial charge in [-0.2, -0.15) is 11.8 Å². The fourth-order valence-electron chi connectivity index (χ4n) is 3.29. The molecular formula is C20H19ClN2O3S. The van der Waals surface area contributed by atoms with E-state index in [0.29, 0.717) is 17.9 Å². The molecule has 7 heteroatoms. The average Bonchev–Trinajstić information content (AvgIpc) is 2.66. The van der Waals surface area contributed by atoms with Crippen LogP contribution in [0.25, 0.3) is 0 Å². The summed E-state index contributed by atoms with van der Waals surface area (Å²) in [5.41, 5.74) is -0.699. The summed E-state index contributed by atoms with van der Waals surface area (Å²) in [6.45, 7) is 2.14. The molecule has 2 aromatic carbocycles. The highest BCUT2D eigenvalue weighted by Gasteiger charge is 2.57. The van der Waals surface area contributed by atoms with Crippen molar-refractivity contribution in [2.24, 2.45) is 5.41 Å². The lowest BCUT2D eigenvalue weighted by Gasteiger charge is -2.37. The van der Waals surface area contributed by atoms with Crippen molar-refractivity contribution in [3.8, 4) is 0 Å². The fourth-order valence-corrected chi connectivity index (χ4v) is 4.37. The molecule has 1 heterocycles. The van der Waals surface area contributed by atoms with E-state index in [9.17, 15) is 14.4 Å². The summed E-state index contributed by atoms with van der Waals surface area (Å²) in [7, 11) is 0. The van der Waals surface area contributed by atoms with Gasteiger partial charge in [0.1, 0.15) is 0 Å². The molecule has 0 bridgehead atoms. The molecule has 0 fully saturated rings. The Balaban J connectivity index is 2.15. The second-order valence-electron chi connectivity index (χ2n) is 6.17. The summed E-state index contributed by atoms with van der Waals surface area (Å²) >= 11 is 7.52. The van der Waals surface area contributed by atoms with Gasteiger partial charge in [0.15, 0.2) is 11.2 Å². The van der Waals surface area contributed by atoms with Gasteiger partial charge in [0.05, 0.1) is 16.3 Å². The van der Waals surface area contributed by atoms with Crippen LogP contribution in [0.4, 0.5) is 11.4 Å². The molecule has 1 unspecified atom stereocenters. The average molecular weight is 403 g/mol. The van der Waals surface area contributed by atoms with Crippen LogP contribution in [0.15, 0.2) is 48.5 Å². The van der Waals surface area contributed by atoms with Crippen molar-refractivity contribution in [1.29, 1.82) is 0 Å². The third kappa shape index (κ3) is 3.13. The van der Waals surface area contributed by atoms with Gasteiger partial charge >= 0.3 is 0 Å². The summed E-state index contributed by atoms with van der Waals surface area (Å²) < 4.78 is 0. The number of carbonyl (C=O) groups excluding carboxylic acids is 3. The molecule has 0 radical (unpaired) electrons. The first-order valence-electron chi connectivity index (χ1n) is 8.48. The largest absolute Gasteiger partial charge is 0.324 e. The van der Waals surface area contributed by atoms with Crippen LogP contribution in [0.5, 0.6) is 0 Å². The van der Waals surface area contributed by atoms with E-state index >= 15 is 0 Å². The maximum Gasteiger partial charge on any atom is 0.251 e. The number of amides is 2. The van der Waals surface area contributed by atoms with E-state index in [0.717, 1.165) is 0 Å². The van der Waals surface area contributed by atoms with Crippen LogP contribution in [0.2, 0.25) is 5.02 Å². The van der Waals surface area contributed by atoms with Crippen molar-refractivity contribution in [2.75, 3.05) is 28.8 Å².